The van der Waals surface area contributed by atoms with Crippen LogP contribution in [0.15, 0.2) is 42.5 Å². The van der Waals surface area contributed by atoms with Crippen molar-refractivity contribution in [2.75, 3.05) is 22.8 Å². The molecule has 39 heavy (non-hydrogen) atoms. The van der Waals surface area contributed by atoms with E-state index in [2.05, 4.69) is 15.4 Å². The highest BCUT2D eigenvalue weighted by Gasteiger charge is 2.40. The number of aliphatic hydroxyl groups is 1. The first-order valence-corrected chi connectivity index (χ1v) is 13.6. The molecule has 1 unspecified atom stereocenters. The second kappa shape index (κ2) is 12.1. The number of carbonyl (C=O) groups is 3. The van der Waals surface area contributed by atoms with Crippen LogP contribution in [0.4, 0.5) is 17.1 Å². The number of carboxylic acids is 1. The lowest BCUT2D eigenvalue weighted by Gasteiger charge is -2.19. The summed E-state index contributed by atoms with van der Waals surface area (Å²) in [4.78, 5) is 47.2. The van der Waals surface area contributed by atoms with Gasteiger partial charge >= 0.3 is 11.9 Å². The number of aliphatic hydroxyl groups excluding tert-OH is 1. The fraction of sp³-hybridized carbons (Fsp3) is 0.304. The number of amides is 1. The molecule has 1 aliphatic heterocycles. The molecule has 1 saturated heterocycles. The van der Waals surface area contributed by atoms with Crippen LogP contribution in [-0.2, 0) is 31.0 Å². The Hall–Kier alpha value is -4.15. The van der Waals surface area contributed by atoms with Crippen LogP contribution < -0.4 is 15.4 Å². The summed E-state index contributed by atoms with van der Waals surface area (Å²) in [6.07, 6.45) is 0.955. The second-order valence-corrected chi connectivity index (χ2v) is 10.9. The van der Waals surface area contributed by atoms with Crippen molar-refractivity contribution in [2.45, 2.75) is 19.1 Å². The smallest absolute Gasteiger partial charge is 0.335 e. The summed E-state index contributed by atoms with van der Waals surface area (Å²) in [5.74, 6) is -4.61. The number of esters is 1. The van der Waals surface area contributed by atoms with E-state index in [9.17, 15) is 43.1 Å². The molecule has 0 bridgehead atoms. The van der Waals surface area contributed by atoms with Crippen molar-refractivity contribution in [1.29, 1.82) is 0 Å². The number of aromatic carboxylic acids is 1. The molecule has 0 radical (unpaired) electrons. The number of nitro groups is 1. The summed E-state index contributed by atoms with van der Waals surface area (Å²) in [6, 6.07) is 8.01. The molecule has 0 spiro atoms. The highest BCUT2D eigenvalue weighted by molar-refractivity contribution is 7.92. The van der Waals surface area contributed by atoms with Gasteiger partial charge in [0.05, 0.1) is 28.5 Å². The maximum Gasteiger partial charge on any atom is 0.335 e. The van der Waals surface area contributed by atoms with Crippen LogP contribution in [-0.4, -0.2) is 65.3 Å². The number of anilines is 2. The van der Waals surface area contributed by atoms with Gasteiger partial charge < -0.3 is 25.6 Å². The number of non-ortho nitro benzene ring substituents is 1. The molecule has 14 nitrogen and oxygen atoms in total. The van der Waals surface area contributed by atoms with Crippen molar-refractivity contribution >= 4 is 62.2 Å². The van der Waals surface area contributed by atoms with Gasteiger partial charge in [0.2, 0.25) is 15.9 Å². The van der Waals surface area contributed by atoms with Crippen LogP contribution in [0.25, 0.3) is 0 Å². The molecular formula is C23H24N4O10S2. The van der Waals surface area contributed by atoms with Crippen molar-refractivity contribution in [3.8, 4) is 0 Å². The average molecular weight is 581 g/mol. The van der Waals surface area contributed by atoms with E-state index in [1.54, 1.807) is 0 Å². The van der Waals surface area contributed by atoms with Crippen LogP contribution in [0.5, 0.6) is 0 Å². The molecule has 0 saturated carbocycles. The van der Waals surface area contributed by atoms with Gasteiger partial charge in [-0.15, -0.1) is 0 Å². The lowest BCUT2D eigenvalue weighted by Crippen LogP contribution is -2.35. The Bertz CT molecular complexity index is 1410. The van der Waals surface area contributed by atoms with E-state index < -0.39 is 55.7 Å². The van der Waals surface area contributed by atoms with Crippen LogP contribution in [0, 0.1) is 22.0 Å². The van der Waals surface area contributed by atoms with Crippen molar-refractivity contribution in [1.82, 2.24) is 5.32 Å². The minimum absolute atomic E-state index is 0.0213. The minimum atomic E-state index is -3.72. The lowest BCUT2D eigenvalue weighted by molar-refractivity contribution is -0.384. The molecule has 0 aromatic heterocycles. The average Bonchev–Trinajstić information content (AvgIpc) is 3.31. The number of thiocarbonyl (C=S) groups is 1. The highest BCUT2D eigenvalue weighted by Crippen LogP contribution is 2.27. The van der Waals surface area contributed by atoms with E-state index in [1.165, 1.54) is 30.3 Å². The van der Waals surface area contributed by atoms with Gasteiger partial charge in [-0.05, 0) is 60.5 Å². The van der Waals surface area contributed by atoms with Gasteiger partial charge in [-0.2, -0.15) is 0 Å². The number of carboxylic acid groups (broad SMARTS) is 1. The van der Waals surface area contributed by atoms with Gasteiger partial charge in [-0.3, -0.25) is 24.4 Å². The second-order valence-electron chi connectivity index (χ2n) is 8.77. The fourth-order valence-corrected chi connectivity index (χ4v) is 4.83. The topological polar surface area (TPSA) is 214 Å². The Morgan fingerprint density at radius 1 is 1.18 bits per heavy atom. The first-order valence-electron chi connectivity index (χ1n) is 11.3. The van der Waals surface area contributed by atoms with Crippen molar-refractivity contribution < 1.29 is 42.7 Å². The number of nitro benzene ring substituents is 1. The molecule has 1 fully saturated rings. The third kappa shape index (κ3) is 8.17. The van der Waals surface area contributed by atoms with Crippen molar-refractivity contribution in [3.05, 3.63) is 63.7 Å². The molecule has 2 aromatic rings. The van der Waals surface area contributed by atoms with E-state index in [1.807, 2.05) is 0 Å². The normalized spacial score (nSPS) is 17.6. The van der Waals surface area contributed by atoms with Crippen molar-refractivity contribution in [3.63, 3.8) is 0 Å². The predicted molar refractivity (Wildman–Crippen MR) is 142 cm³/mol. The molecule has 1 heterocycles. The molecule has 0 aliphatic carbocycles. The molecule has 208 valence electrons. The zero-order valence-electron chi connectivity index (χ0n) is 20.3. The summed E-state index contributed by atoms with van der Waals surface area (Å²) in [5.41, 5.74) is 0.0437. The Labute approximate surface area is 227 Å². The van der Waals surface area contributed by atoms with Crippen LogP contribution >= 0.6 is 12.2 Å². The molecular weight excluding hydrogens is 556 g/mol. The van der Waals surface area contributed by atoms with Crippen LogP contribution in [0.2, 0.25) is 0 Å². The standard InChI is InChI=1S/C23H24N4O10S2/c1-39(35,36)26-16-7-13(21(29)30)6-15(9-16)25-20(28)18-8-14(10-24-18)19(23(32)38)22(31)37-11-12-2-4-17(5-3-12)27(33)34/h2-7,9,14,18-19,24,26H,8,10-11H2,1H3,(H,25,28)(H,29,30)(H,32,38)/t14-,18?,19+/m1/s1. The molecule has 3 atom stereocenters. The summed E-state index contributed by atoms with van der Waals surface area (Å²) >= 11 is 4.85. The lowest BCUT2D eigenvalue weighted by atomic mass is 9.90. The first kappa shape index (κ1) is 29.4. The largest absolute Gasteiger partial charge is 0.501 e. The number of ether oxygens (including phenoxy) is 1. The predicted octanol–water partition coefficient (Wildman–Crippen LogP) is 1.83. The van der Waals surface area contributed by atoms with Gasteiger partial charge in [-0.25, -0.2) is 13.2 Å². The maximum atomic E-state index is 12.9. The molecule has 16 heteroatoms. The van der Waals surface area contributed by atoms with Gasteiger partial charge in [-0.1, -0.05) is 0 Å². The SMILES string of the molecule is CS(=O)(=O)Nc1cc(NC(=O)C2C[C@@H]([C@@H](C(=O)OCc3ccc([N+](=O)[O-])cc3)C(O)=S)CN2)cc(C(=O)O)c1. The number of sulfonamides is 1. The highest BCUT2D eigenvalue weighted by atomic mass is 32.2. The molecule has 1 aliphatic rings. The molecule has 2 aromatic carbocycles. The third-order valence-electron chi connectivity index (χ3n) is 5.75. The minimum Gasteiger partial charge on any atom is -0.501 e. The number of benzene rings is 2. The number of nitrogens with zero attached hydrogens (tertiary/aromatic N) is 1. The van der Waals surface area contributed by atoms with Crippen LogP contribution in [0.1, 0.15) is 22.3 Å². The maximum absolute atomic E-state index is 12.9. The Kier molecular flexibility index (Phi) is 9.15. The Morgan fingerprint density at radius 3 is 2.38 bits per heavy atom. The summed E-state index contributed by atoms with van der Waals surface area (Å²) in [7, 11) is -3.72. The Morgan fingerprint density at radius 2 is 1.82 bits per heavy atom. The zero-order chi connectivity index (χ0) is 28.9. The zero-order valence-corrected chi connectivity index (χ0v) is 22.0. The van der Waals surface area contributed by atoms with E-state index >= 15 is 0 Å². The van der Waals surface area contributed by atoms with Crippen molar-refractivity contribution in [2.24, 2.45) is 11.8 Å². The monoisotopic (exact) mass is 580 g/mol. The number of hydrogen-bond acceptors (Lipinski definition) is 10. The molecule has 5 N–H and O–H groups in total. The Balaban J connectivity index is 1.65. The quantitative estimate of drug-likeness (QED) is 0.111. The number of hydrogen-bond donors (Lipinski definition) is 5. The summed E-state index contributed by atoms with van der Waals surface area (Å²) < 4.78 is 30.5. The van der Waals surface area contributed by atoms with Gasteiger partial charge in [0, 0.05) is 24.4 Å². The number of nitrogens with one attached hydrogen (secondary N) is 3. The molecule has 1 amide bonds. The van der Waals surface area contributed by atoms with E-state index in [4.69, 9.17) is 17.0 Å². The third-order valence-corrected chi connectivity index (χ3v) is 6.61. The van der Waals surface area contributed by atoms with E-state index in [0.717, 1.165) is 18.4 Å². The fourth-order valence-electron chi connectivity index (χ4n) is 4.00. The van der Waals surface area contributed by atoms with Crippen LogP contribution in [0.3, 0.4) is 0 Å². The summed E-state index contributed by atoms with van der Waals surface area (Å²) in [6.45, 7) is -0.101. The van der Waals surface area contributed by atoms with E-state index in [0.29, 0.717) is 5.56 Å². The van der Waals surface area contributed by atoms with Gasteiger partial charge in [0.1, 0.15) is 12.5 Å². The number of rotatable bonds is 11. The molecule has 3 rings (SSSR count). The number of carbonyl (C=O) groups excluding carboxylic acids is 2. The van der Waals surface area contributed by atoms with Gasteiger partial charge in [0.25, 0.3) is 5.69 Å². The van der Waals surface area contributed by atoms with E-state index in [-0.39, 0.29) is 42.2 Å². The van der Waals surface area contributed by atoms with Gasteiger partial charge in [0.15, 0.2) is 5.05 Å². The first-order chi connectivity index (χ1) is 18.2. The summed E-state index contributed by atoms with van der Waals surface area (Å²) in [5, 5.41) is 34.9.